The van der Waals surface area contributed by atoms with Crippen molar-refractivity contribution in [3.8, 4) is 0 Å². The molecule has 230 valence electrons. The van der Waals surface area contributed by atoms with Gasteiger partial charge in [0.1, 0.15) is 17.4 Å². The normalized spacial score (nSPS) is 17.9. The van der Waals surface area contributed by atoms with Crippen molar-refractivity contribution in [3.63, 3.8) is 0 Å². The van der Waals surface area contributed by atoms with Crippen LogP contribution in [0.5, 0.6) is 0 Å². The molecule has 2 aromatic rings. The smallest absolute Gasteiger partial charge is 0.350 e. The molecule has 1 aliphatic rings. The molecule has 0 aromatic carbocycles. The van der Waals surface area contributed by atoms with Crippen molar-refractivity contribution in [1.29, 1.82) is 0 Å². The molecule has 21 heteroatoms. The van der Waals surface area contributed by atoms with Crippen LogP contribution in [-0.4, -0.2) is 122 Å². The fourth-order valence-corrected chi connectivity index (χ4v) is 4.92. The van der Waals surface area contributed by atoms with Gasteiger partial charge in [0.25, 0.3) is 17.7 Å². The number of aromatic nitrogens is 4. The van der Waals surface area contributed by atoms with Crippen LogP contribution in [0.1, 0.15) is 25.2 Å². The number of β-lactam (4-membered cyclic amide) rings is 1. The van der Waals surface area contributed by atoms with Crippen molar-refractivity contribution in [2.45, 2.75) is 44.6 Å². The highest BCUT2D eigenvalue weighted by atomic mass is 32.2. The molecule has 2 aromatic heterocycles. The number of nitrogens with one attached hydrogen (secondary N) is 2. The van der Waals surface area contributed by atoms with Gasteiger partial charge in [-0.25, -0.2) is 27.2 Å². The maximum absolute atomic E-state index is 13.2. The molecule has 42 heavy (non-hydrogen) atoms. The van der Waals surface area contributed by atoms with Crippen molar-refractivity contribution in [3.05, 3.63) is 23.0 Å². The first-order chi connectivity index (χ1) is 19.3. The van der Waals surface area contributed by atoms with E-state index in [2.05, 4.69) is 31.1 Å². The lowest BCUT2D eigenvalue weighted by Crippen LogP contribution is -2.73. The SMILES string of the molecule is CC(C)(O/N=C(/C(=O)N[C@@H]1C(=O)N(S(=O)(=O)[O-])[C@@H]1Cn1cc(CNC(=O)C[N+](C)(C)C)nn1)c1csc(N)n1)C(=O)O. The van der Waals surface area contributed by atoms with E-state index in [-0.39, 0.29) is 40.7 Å². The number of amides is 3. The van der Waals surface area contributed by atoms with Gasteiger partial charge in [0, 0.05) is 5.38 Å². The van der Waals surface area contributed by atoms with Crippen LogP contribution in [0, 0.1) is 0 Å². The second-order valence-electron chi connectivity index (χ2n) is 10.7. The quantitative estimate of drug-likeness (QED) is 0.0569. The Morgan fingerprint density at radius 2 is 1.98 bits per heavy atom. The monoisotopic (exact) mass is 630 g/mol. The van der Waals surface area contributed by atoms with Gasteiger partial charge >= 0.3 is 5.97 Å². The number of hydrogen-bond donors (Lipinski definition) is 4. The van der Waals surface area contributed by atoms with Gasteiger partial charge in [0.2, 0.25) is 5.60 Å². The summed E-state index contributed by atoms with van der Waals surface area (Å²) in [4.78, 5) is 58.3. The lowest BCUT2D eigenvalue weighted by molar-refractivity contribution is -0.862. The Morgan fingerprint density at radius 1 is 1.31 bits per heavy atom. The van der Waals surface area contributed by atoms with Crippen molar-refractivity contribution in [2.24, 2.45) is 5.16 Å². The highest BCUT2D eigenvalue weighted by Gasteiger charge is 2.52. The van der Waals surface area contributed by atoms with Crippen molar-refractivity contribution >= 4 is 56.2 Å². The van der Waals surface area contributed by atoms with Crippen LogP contribution >= 0.6 is 11.3 Å². The minimum atomic E-state index is -5.28. The molecule has 19 nitrogen and oxygen atoms in total. The fraction of sp³-hybridized carbons (Fsp3) is 0.524. The Balaban J connectivity index is 1.80. The summed E-state index contributed by atoms with van der Waals surface area (Å²) in [6.07, 6.45) is 1.37. The zero-order valence-electron chi connectivity index (χ0n) is 23.2. The zero-order chi connectivity index (χ0) is 31.6. The topological polar surface area (TPSA) is 264 Å². The minimum Gasteiger partial charge on any atom is -0.731 e. The van der Waals surface area contributed by atoms with Gasteiger partial charge in [-0.05, 0) is 13.8 Å². The van der Waals surface area contributed by atoms with Crippen molar-refractivity contribution in [2.75, 3.05) is 33.4 Å². The number of carbonyl (C=O) groups is 4. The predicted octanol–water partition coefficient (Wildman–Crippen LogP) is -2.92. The van der Waals surface area contributed by atoms with Crippen molar-refractivity contribution in [1.82, 2.24) is 34.9 Å². The summed E-state index contributed by atoms with van der Waals surface area (Å²) in [5, 5.41) is 27.0. The molecule has 0 unspecified atom stereocenters. The molecule has 0 saturated carbocycles. The van der Waals surface area contributed by atoms with E-state index < -0.39 is 51.5 Å². The maximum atomic E-state index is 13.2. The Labute approximate surface area is 243 Å². The van der Waals surface area contributed by atoms with E-state index in [0.717, 1.165) is 16.0 Å². The second-order valence-corrected chi connectivity index (χ2v) is 12.8. The van der Waals surface area contributed by atoms with E-state index in [1.807, 2.05) is 21.1 Å². The molecule has 0 bridgehead atoms. The number of thiazole rings is 1. The molecule has 1 saturated heterocycles. The molecular weight excluding hydrogens is 600 g/mol. The minimum absolute atomic E-state index is 0.00938. The molecule has 0 aliphatic carbocycles. The number of nitrogens with zero attached hydrogens (tertiary/aromatic N) is 7. The van der Waals surface area contributed by atoms with Crippen LogP contribution in [0.3, 0.4) is 0 Å². The summed E-state index contributed by atoms with van der Waals surface area (Å²) in [6.45, 7) is 2.18. The third-order valence-electron chi connectivity index (χ3n) is 5.60. The summed E-state index contributed by atoms with van der Waals surface area (Å²) >= 11 is 0.938. The van der Waals surface area contributed by atoms with Gasteiger partial charge in [-0.2, -0.15) is 0 Å². The molecule has 5 N–H and O–H groups in total. The summed E-state index contributed by atoms with van der Waals surface area (Å²) in [5.74, 6) is -3.95. The molecular formula is C21H30N10O9S2. The van der Waals surface area contributed by atoms with Crippen LogP contribution in [0.15, 0.2) is 16.7 Å². The van der Waals surface area contributed by atoms with Gasteiger partial charge in [-0.3, -0.25) is 14.4 Å². The number of carboxylic acid groups (broad SMARTS) is 1. The average molecular weight is 631 g/mol. The second kappa shape index (κ2) is 12.0. The summed E-state index contributed by atoms with van der Waals surface area (Å²) < 4.78 is 37.0. The van der Waals surface area contributed by atoms with Crippen molar-refractivity contribution < 1.29 is 46.6 Å². The molecule has 3 amide bonds. The molecule has 0 radical (unpaired) electrons. The molecule has 0 spiro atoms. The maximum Gasteiger partial charge on any atom is 0.350 e. The number of hydrogen-bond acceptors (Lipinski definition) is 14. The summed E-state index contributed by atoms with van der Waals surface area (Å²) in [5.41, 5.74) is 3.42. The van der Waals surface area contributed by atoms with E-state index in [4.69, 9.17) is 10.6 Å². The highest BCUT2D eigenvalue weighted by Crippen LogP contribution is 2.25. The van der Waals surface area contributed by atoms with E-state index in [9.17, 15) is 37.3 Å². The Kier molecular flexibility index (Phi) is 9.19. The third kappa shape index (κ3) is 7.96. The van der Waals surface area contributed by atoms with Gasteiger partial charge in [-0.15, -0.1) is 16.4 Å². The average Bonchev–Trinajstić information content (AvgIpc) is 3.47. The van der Waals surface area contributed by atoms with E-state index in [0.29, 0.717) is 10.2 Å². The Bertz CT molecular complexity index is 1510. The molecule has 1 aliphatic heterocycles. The molecule has 3 heterocycles. The van der Waals surface area contributed by atoms with Crippen LogP contribution in [-0.2, 0) is 47.4 Å². The van der Waals surface area contributed by atoms with Gasteiger partial charge in [0.15, 0.2) is 27.7 Å². The number of nitrogens with two attached hydrogens (primary N) is 1. The fourth-order valence-electron chi connectivity index (χ4n) is 3.52. The Hall–Kier alpha value is -4.21. The molecule has 2 atom stereocenters. The Morgan fingerprint density at radius 3 is 2.52 bits per heavy atom. The number of nitrogen functional groups attached to an aromatic ring is 1. The lowest BCUT2D eigenvalue weighted by atomic mass is 9.98. The lowest BCUT2D eigenvalue weighted by Gasteiger charge is -2.47. The number of carboxylic acids is 1. The largest absolute Gasteiger partial charge is 0.731 e. The molecule has 3 rings (SSSR count). The first-order valence-corrected chi connectivity index (χ1v) is 14.3. The molecule has 1 fully saturated rings. The number of anilines is 1. The van der Waals surface area contributed by atoms with Gasteiger partial charge in [0.05, 0.1) is 46.5 Å². The van der Waals surface area contributed by atoms with Gasteiger partial charge in [-0.1, -0.05) is 10.4 Å². The third-order valence-corrected chi connectivity index (χ3v) is 7.21. The van der Waals surface area contributed by atoms with E-state index in [1.54, 1.807) is 0 Å². The number of oxime groups is 1. The van der Waals surface area contributed by atoms with Crippen LogP contribution in [0.2, 0.25) is 0 Å². The first-order valence-electron chi connectivity index (χ1n) is 12.1. The van der Waals surface area contributed by atoms with Gasteiger partial charge < -0.3 is 35.3 Å². The van der Waals surface area contributed by atoms with E-state index >= 15 is 0 Å². The van der Waals surface area contributed by atoms with Crippen LogP contribution in [0.25, 0.3) is 0 Å². The number of quaternary nitrogens is 1. The van der Waals surface area contributed by atoms with E-state index in [1.165, 1.54) is 25.4 Å². The highest BCUT2D eigenvalue weighted by molar-refractivity contribution is 7.84. The summed E-state index contributed by atoms with van der Waals surface area (Å²) in [6, 6.07) is -2.95. The number of rotatable bonds is 13. The zero-order valence-corrected chi connectivity index (χ0v) is 24.8. The summed E-state index contributed by atoms with van der Waals surface area (Å²) in [7, 11) is 0.239. The van der Waals surface area contributed by atoms with Crippen LogP contribution in [0.4, 0.5) is 5.13 Å². The standard InChI is InChI=1S/C21H30N10O9S2/c1-21(2,19(35)36)40-27-15(12-10-41-20(22)24-12)17(33)25-16-13(30(18(16)34)42(37,38)39)8-29-7-11(26-28-29)6-23-14(32)9-31(3,4)5/h7,10,13,16H,6,8-9H2,1-5H3,(H5-,22,23,24,25,32,33,35,36,37,38,39)/b27-15+/t13-,16+/m1/s1. The number of carbonyl (C=O) groups excluding carboxylic acids is 3. The number of likely N-dealkylation sites (N-methyl/N-ethyl adjacent to an activating group) is 1. The number of aliphatic carboxylic acids is 1. The van der Waals surface area contributed by atoms with Crippen LogP contribution < -0.4 is 16.4 Å². The first kappa shape index (κ1) is 32.3. The predicted molar refractivity (Wildman–Crippen MR) is 143 cm³/mol.